The van der Waals surface area contributed by atoms with Gasteiger partial charge in [0, 0.05) is 18.3 Å². The zero-order valence-corrected chi connectivity index (χ0v) is 15.8. The smallest absolute Gasteiger partial charge is 0.343 e. The van der Waals surface area contributed by atoms with Gasteiger partial charge in [0.05, 0.1) is 24.6 Å². The number of aromatic nitrogens is 1. The molecular weight excluding hydrogens is 355 g/mol. The minimum absolute atomic E-state index is 0.0375. The molecule has 1 N–H and O–H groups in total. The predicted octanol–water partition coefficient (Wildman–Crippen LogP) is 2.24. The van der Waals surface area contributed by atoms with E-state index in [4.69, 9.17) is 9.47 Å². The van der Waals surface area contributed by atoms with Gasteiger partial charge >= 0.3 is 5.97 Å². The number of rotatable bonds is 7. The minimum Gasteiger partial charge on any atom is -0.494 e. The number of nitrogens with zero attached hydrogens (tertiary/aromatic N) is 1. The van der Waals surface area contributed by atoms with E-state index in [0.717, 1.165) is 12.5 Å². The Morgan fingerprint density at radius 2 is 2.00 bits per heavy atom. The molecule has 1 atom stereocenters. The molecule has 0 aliphatic rings. The van der Waals surface area contributed by atoms with E-state index in [9.17, 15) is 18.8 Å². The molecule has 146 valence electrons. The Morgan fingerprint density at radius 1 is 1.30 bits per heavy atom. The molecule has 0 unspecified atom stereocenters. The number of hydrogen-bond donors (Lipinski definition) is 1. The number of ether oxygens (including phenoxy) is 2. The lowest BCUT2D eigenvalue weighted by atomic mass is 10.1. The van der Waals surface area contributed by atoms with E-state index in [1.165, 1.54) is 23.9 Å². The molecule has 0 aliphatic carbocycles. The molecule has 1 aromatic carbocycles. The van der Waals surface area contributed by atoms with Crippen molar-refractivity contribution in [2.45, 2.75) is 39.8 Å². The molecule has 1 amide bonds. The summed E-state index contributed by atoms with van der Waals surface area (Å²) >= 11 is 0. The van der Waals surface area contributed by atoms with E-state index in [0.29, 0.717) is 0 Å². The number of pyridine rings is 1. The van der Waals surface area contributed by atoms with Gasteiger partial charge in [-0.3, -0.25) is 9.59 Å². The first-order valence-electron chi connectivity index (χ1n) is 8.69. The summed E-state index contributed by atoms with van der Waals surface area (Å²) in [6.45, 7) is 5.32. The first-order valence-corrected chi connectivity index (χ1v) is 8.69. The molecule has 27 heavy (non-hydrogen) atoms. The molecule has 8 heteroatoms. The van der Waals surface area contributed by atoms with Gasteiger partial charge in [0.2, 0.25) is 11.3 Å². The van der Waals surface area contributed by atoms with Gasteiger partial charge in [0.15, 0.2) is 11.6 Å². The number of benzene rings is 1. The lowest BCUT2D eigenvalue weighted by Gasteiger charge is -2.16. The van der Waals surface area contributed by atoms with Crippen LogP contribution in [0.3, 0.4) is 0 Å². The van der Waals surface area contributed by atoms with Gasteiger partial charge in [0.1, 0.15) is 12.1 Å². The summed E-state index contributed by atoms with van der Waals surface area (Å²) in [5.41, 5.74) is -0.652. The van der Waals surface area contributed by atoms with Crippen LogP contribution in [0.2, 0.25) is 0 Å². The summed E-state index contributed by atoms with van der Waals surface area (Å²) in [4.78, 5) is 37.1. The molecule has 0 aliphatic heterocycles. The summed E-state index contributed by atoms with van der Waals surface area (Å²) in [6, 6.07) is 2.30. The van der Waals surface area contributed by atoms with Crippen LogP contribution in [-0.4, -0.2) is 36.2 Å². The van der Waals surface area contributed by atoms with Gasteiger partial charge in [-0.2, -0.15) is 0 Å². The second kappa shape index (κ2) is 8.66. The highest BCUT2D eigenvalue weighted by atomic mass is 19.1. The second-order valence-electron chi connectivity index (χ2n) is 6.10. The maximum absolute atomic E-state index is 14.2. The predicted molar refractivity (Wildman–Crippen MR) is 98.6 cm³/mol. The number of halogens is 1. The summed E-state index contributed by atoms with van der Waals surface area (Å²) in [7, 11) is 1.28. The van der Waals surface area contributed by atoms with Crippen molar-refractivity contribution in [2.24, 2.45) is 0 Å². The van der Waals surface area contributed by atoms with E-state index < -0.39 is 17.2 Å². The molecule has 0 fully saturated rings. The Labute approximate surface area is 156 Å². The van der Waals surface area contributed by atoms with Crippen molar-refractivity contribution in [3.8, 4) is 5.75 Å². The number of hydrogen-bond acceptors (Lipinski definition) is 5. The third-order valence-electron chi connectivity index (χ3n) is 4.18. The normalized spacial score (nSPS) is 11.9. The summed E-state index contributed by atoms with van der Waals surface area (Å²) in [5, 5.41) is 2.86. The van der Waals surface area contributed by atoms with Crippen molar-refractivity contribution in [1.29, 1.82) is 0 Å². The molecule has 0 bridgehead atoms. The lowest BCUT2D eigenvalue weighted by Crippen LogP contribution is -2.35. The standard InChI is InChI=1S/C19H23FN2O5/c1-5-11(3)21-17(23)10-22-9-13(19(25)27-6-2)18(24)12-7-16(26-4)14(20)8-15(12)22/h7-9,11H,5-6,10H2,1-4H3,(H,21,23)/t11-/m1/s1. The molecule has 0 saturated carbocycles. The molecule has 1 heterocycles. The van der Waals surface area contributed by atoms with Crippen molar-refractivity contribution in [3.63, 3.8) is 0 Å². The number of carbonyl (C=O) groups excluding carboxylic acids is 2. The number of methoxy groups -OCH3 is 1. The van der Waals surface area contributed by atoms with Crippen LogP contribution in [0.4, 0.5) is 4.39 Å². The van der Waals surface area contributed by atoms with E-state index in [1.54, 1.807) is 6.92 Å². The molecule has 7 nitrogen and oxygen atoms in total. The third-order valence-corrected chi connectivity index (χ3v) is 4.18. The van der Waals surface area contributed by atoms with Crippen molar-refractivity contribution in [3.05, 3.63) is 39.9 Å². The maximum atomic E-state index is 14.2. The topological polar surface area (TPSA) is 86.6 Å². The average molecular weight is 378 g/mol. The Hall–Kier alpha value is -2.90. The number of carbonyl (C=O) groups is 2. The number of amides is 1. The number of esters is 1. The maximum Gasteiger partial charge on any atom is 0.343 e. The van der Waals surface area contributed by atoms with Gasteiger partial charge in [-0.15, -0.1) is 0 Å². The third kappa shape index (κ3) is 4.45. The van der Waals surface area contributed by atoms with Crippen molar-refractivity contribution >= 4 is 22.8 Å². The van der Waals surface area contributed by atoms with Gasteiger partial charge in [-0.05, 0) is 26.3 Å². The lowest BCUT2D eigenvalue weighted by molar-refractivity contribution is -0.122. The molecule has 0 radical (unpaired) electrons. The van der Waals surface area contributed by atoms with Crippen LogP contribution >= 0.6 is 0 Å². The van der Waals surface area contributed by atoms with Crippen LogP contribution in [0.15, 0.2) is 23.1 Å². The first kappa shape index (κ1) is 20.4. The number of nitrogens with one attached hydrogen (secondary N) is 1. The SMILES string of the molecule is CCOC(=O)c1cn(CC(=O)N[C@H](C)CC)c2cc(F)c(OC)cc2c1=O. The molecule has 2 rings (SSSR count). The van der Waals surface area contributed by atoms with Gasteiger partial charge in [-0.25, -0.2) is 9.18 Å². The molecule has 2 aromatic rings. The monoisotopic (exact) mass is 378 g/mol. The first-order chi connectivity index (χ1) is 12.8. The minimum atomic E-state index is -0.802. The fourth-order valence-corrected chi connectivity index (χ4v) is 2.61. The summed E-state index contributed by atoms with van der Waals surface area (Å²) in [6.07, 6.45) is 1.97. The van der Waals surface area contributed by atoms with Crippen LogP contribution in [-0.2, 0) is 16.1 Å². The molecule has 1 aromatic heterocycles. The Morgan fingerprint density at radius 3 is 2.59 bits per heavy atom. The van der Waals surface area contributed by atoms with Crippen molar-refractivity contribution in [2.75, 3.05) is 13.7 Å². The van der Waals surface area contributed by atoms with Gasteiger partial charge in [0.25, 0.3) is 0 Å². The van der Waals surface area contributed by atoms with E-state index in [1.807, 2.05) is 13.8 Å². The van der Waals surface area contributed by atoms with Crippen molar-refractivity contribution < 1.29 is 23.5 Å². The highest BCUT2D eigenvalue weighted by Gasteiger charge is 2.20. The largest absolute Gasteiger partial charge is 0.494 e. The van der Waals surface area contributed by atoms with Crippen LogP contribution in [0, 0.1) is 5.82 Å². The fourth-order valence-electron chi connectivity index (χ4n) is 2.61. The van der Waals surface area contributed by atoms with E-state index >= 15 is 0 Å². The zero-order chi connectivity index (χ0) is 20.1. The Balaban J connectivity index is 2.64. The highest BCUT2D eigenvalue weighted by molar-refractivity contribution is 5.94. The second-order valence-corrected chi connectivity index (χ2v) is 6.10. The van der Waals surface area contributed by atoms with Crippen LogP contribution in [0.25, 0.3) is 10.9 Å². The summed E-state index contributed by atoms with van der Waals surface area (Å²) < 4.78 is 25.4. The van der Waals surface area contributed by atoms with Crippen LogP contribution in [0.5, 0.6) is 5.75 Å². The quantitative estimate of drug-likeness (QED) is 0.747. The summed E-state index contributed by atoms with van der Waals surface area (Å²) in [5.74, 6) is -1.93. The number of fused-ring (bicyclic) bond motifs is 1. The average Bonchev–Trinajstić information content (AvgIpc) is 2.63. The van der Waals surface area contributed by atoms with E-state index in [-0.39, 0.29) is 47.3 Å². The Bertz CT molecular complexity index is 922. The van der Waals surface area contributed by atoms with Gasteiger partial charge in [-0.1, -0.05) is 6.92 Å². The zero-order valence-electron chi connectivity index (χ0n) is 15.8. The Kier molecular flexibility index (Phi) is 6.55. The molecule has 0 spiro atoms. The van der Waals surface area contributed by atoms with Gasteiger partial charge < -0.3 is 19.4 Å². The van der Waals surface area contributed by atoms with Crippen LogP contribution in [0.1, 0.15) is 37.6 Å². The van der Waals surface area contributed by atoms with Crippen molar-refractivity contribution in [1.82, 2.24) is 9.88 Å². The molecule has 0 saturated heterocycles. The molecular formula is C19H23FN2O5. The van der Waals surface area contributed by atoms with E-state index in [2.05, 4.69) is 5.32 Å². The fraction of sp³-hybridized carbons (Fsp3) is 0.421. The highest BCUT2D eigenvalue weighted by Crippen LogP contribution is 2.23. The van der Waals surface area contributed by atoms with Crippen LogP contribution < -0.4 is 15.5 Å².